The zero-order valence-corrected chi connectivity index (χ0v) is 33.6. The summed E-state index contributed by atoms with van der Waals surface area (Å²) in [6, 6.07) is 60.7. The molecule has 0 saturated carbocycles. The predicted molar refractivity (Wildman–Crippen MR) is 254 cm³/mol. The Balaban J connectivity index is 1.10. The maximum atomic E-state index is 5.21. The van der Waals surface area contributed by atoms with Crippen molar-refractivity contribution in [1.29, 1.82) is 0 Å². The lowest BCUT2D eigenvalue weighted by atomic mass is 9.87. The molecule has 10 aromatic rings. The number of nitrogens with zero attached hydrogens (tertiary/aromatic N) is 4. The lowest BCUT2D eigenvalue weighted by Gasteiger charge is -2.21. The molecule has 2 aliphatic carbocycles. The van der Waals surface area contributed by atoms with Crippen LogP contribution in [0.3, 0.4) is 0 Å². The van der Waals surface area contributed by atoms with Gasteiger partial charge in [-0.2, -0.15) is 0 Å². The minimum absolute atomic E-state index is 0.655. The van der Waals surface area contributed by atoms with Gasteiger partial charge >= 0.3 is 0 Å². The fourth-order valence-electron chi connectivity index (χ4n) is 9.75. The van der Waals surface area contributed by atoms with E-state index in [4.69, 9.17) is 15.0 Å². The van der Waals surface area contributed by atoms with Crippen molar-refractivity contribution in [3.8, 4) is 51.0 Å². The molecule has 61 heavy (non-hydrogen) atoms. The van der Waals surface area contributed by atoms with Gasteiger partial charge in [0.05, 0.1) is 5.52 Å². The Morgan fingerprint density at radius 1 is 0.426 bits per heavy atom. The minimum Gasteiger partial charge on any atom is -0.313 e. The third-order valence-electron chi connectivity index (χ3n) is 12.6. The largest absolute Gasteiger partial charge is 0.313 e. The highest BCUT2D eigenvalue weighted by Gasteiger charge is 2.24. The molecular formula is C57H40N4. The normalized spacial score (nSPS) is 13.8. The van der Waals surface area contributed by atoms with E-state index in [-0.39, 0.29) is 0 Å². The molecule has 4 heteroatoms. The molecule has 0 spiro atoms. The second kappa shape index (κ2) is 14.5. The van der Waals surface area contributed by atoms with Crippen LogP contribution in [0.1, 0.15) is 30.5 Å². The summed E-state index contributed by atoms with van der Waals surface area (Å²) < 4.78 is 2.54. The summed E-state index contributed by atoms with van der Waals surface area (Å²) in [5, 5.41) is 8.43. The summed E-state index contributed by atoms with van der Waals surface area (Å²) in [7, 11) is 0. The maximum absolute atomic E-state index is 5.21. The average molecular weight is 781 g/mol. The zero-order chi connectivity index (χ0) is 40.3. The monoisotopic (exact) mass is 780 g/mol. The van der Waals surface area contributed by atoms with Gasteiger partial charge in [-0.25, -0.2) is 15.0 Å². The highest BCUT2D eigenvalue weighted by atomic mass is 15.0. The molecule has 0 saturated heterocycles. The van der Waals surface area contributed by atoms with Crippen molar-refractivity contribution in [2.45, 2.75) is 25.7 Å². The second-order valence-electron chi connectivity index (χ2n) is 16.2. The van der Waals surface area contributed by atoms with Gasteiger partial charge in [0.1, 0.15) is 0 Å². The number of benzene rings is 8. The smallest absolute Gasteiger partial charge is 0.164 e. The lowest BCUT2D eigenvalue weighted by molar-refractivity contribution is 0.840. The number of hydrogen-bond donors (Lipinski definition) is 0. The maximum Gasteiger partial charge on any atom is 0.164 e. The standard InChI is InChI=1S/C57H40N4/c1-5-16-37(17-6-1)41-28-32-52-50(34-41)51-35-42(38-18-7-2-8-19-38)29-33-53(51)61(52)43-30-31-45-44-24-13-14-25-46(44)54-47(49(45)36-43)26-15-27-48(54)57-59-55(39-20-9-3-10-21-39)58-56(60-57)40-22-11-4-12-23-40/h1-7,9-18,20-28,30-32,34-36H,8,19,29,33H2. The molecule has 2 heterocycles. The molecule has 0 amide bonds. The first kappa shape index (κ1) is 35.3. The minimum atomic E-state index is 0.655. The average Bonchev–Trinajstić information content (AvgIpc) is 3.67. The number of rotatable bonds is 6. The summed E-state index contributed by atoms with van der Waals surface area (Å²) in [4.78, 5) is 15.4. The van der Waals surface area contributed by atoms with E-state index in [1.165, 1.54) is 77.1 Å². The number of hydrogen-bond acceptors (Lipinski definition) is 3. The fourth-order valence-corrected chi connectivity index (χ4v) is 9.75. The molecule has 4 nitrogen and oxygen atoms in total. The Bertz CT molecular complexity index is 3390. The van der Waals surface area contributed by atoms with Gasteiger partial charge in [0.25, 0.3) is 0 Å². The van der Waals surface area contributed by atoms with Crippen molar-refractivity contribution in [1.82, 2.24) is 19.5 Å². The molecule has 0 aliphatic heterocycles. The molecule has 0 unspecified atom stereocenters. The highest BCUT2D eigenvalue weighted by Crippen LogP contribution is 2.44. The van der Waals surface area contributed by atoms with Crippen LogP contribution in [-0.2, 0) is 6.42 Å². The molecule has 2 aromatic heterocycles. The second-order valence-corrected chi connectivity index (χ2v) is 16.2. The van der Waals surface area contributed by atoms with Crippen LogP contribution in [0.4, 0.5) is 0 Å². The Kier molecular flexibility index (Phi) is 8.41. The van der Waals surface area contributed by atoms with Crippen molar-refractivity contribution in [3.05, 3.63) is 210 Å². The van der Waals surface area contributed by atoms with Crippen LogP contribution in [0.5, 0.6) is 0 Å². The molecule has 0 atom stereocenters. The highest BCUT2D eigenvalue weighted by molar-refractivity contribution is 6.28. The van der Waals surface area contributed by atoms with Gasteiger partial charge < -0.3 is 4.57 Å². The summed E-state index contributed by atoms with van der Waals surface area (Å²) >= 11 is 0. The van der Waals surface area contributed by atoms with Crippen molar-refractivity contribution >= 4 is 49.3 Å². The third kappa shape index (κ3) is 6.02. The van der Waals surface area contributed by atoms with Gasteiger partial charge in [-0.3, -0.25) is 0 Å². The predicted octanol–water partition coefficient (Wildman–Crippen LogP) is 14.5. The van der Waals surface area contributed by atoms with Crippen LogP contribution in [0, 0.1) is 0 Å². The molecule has 12 rings (SSSR count). The zero-order valence-electron chi connectivity index (χ0n) is 33.6. The van der Waals surface area contributed by atoms with Crippen molar-refractivity contribution in [2.24, 2.45) is 0 Å². The van der Waals surface area contributed by atoms with Crippen molar-refractivity contribution < 1.29 is 0 Å². The van der Waals surface area contributed by atoms with Crippen LogP contribution in [0.2, 0.25) is 0 Å². The summed E-state index contributed by atoms with van der Waals surface area (Å²) in [6.07, 6.45) is 13.5. The Labute approximate surface area is 354 Å². The molecule has 0 radical (unpaired) electrons. The Morgan fingerprint density at radius 2 is 1.07 bits per heavy atom. The van der Waals surface area contributed by atoms with Crippen LogP contribution in [0.25, 0.3) is 100 Å². The topological polar surface area (TPSA) is 43.6 Å². The van der Waals surface area contributed by atoms with Crippen LogP contribution >= 0.6 is 0 Å². The van der Waals surface area contributed by atoms with E-state index in [0.29, 0.717) is 17.5 Å². The van der Waals surface area contributed by atoms with Gasteiger partial charge in [-0.05, 0) is 105 Å². The molecule has 0 fully saturated rings. The summed E-state index contributed by atoms with van der Waals surface area (Å²) in [5.74, 6) is 1.97. The third-order valence-corrected chi connectivity index (χ3v) is 12.6. The Hall–Kier alpha value is -7.69. The fraction of sp³-hybridized carbons (Fsp3) is 0.0702. The molecule has 0 bridgehead atoms. The van der Waals surface area contributed by atoms with E-state index in [0.717, 1.165) is 47.8 Å². The molecule has 0 N–H and O–H groups in total. The quantitative estimate of drug-likeness (QED) is 0.158. The summed E-state index contributed by atoms with van der Waals surface area (Å²) in [5.41, 5.74) is 13.4. The number of allylic oxidation sites excluding steroid dienone is 5. The van der Waals surface area contributed by atoms with Gasteiger partial charge in [0, 0.05) is 44.4 Å². The van der Waals surface area contributed by atoms with Crippen LogP contribution < -0.4 is 0 Å². The Morgan fingerprint density at radius 3 is 1.79 bits per heavy atom. The van der Waals surface area contributed by atoms with Crippen LogP contribution in [-0.4, -0.2) is 19.5 Å². The van der Waals surface area contributed by atoms with Gasteiger partial charge in [0.2, 0.25) is 0 Å². The number of aromatic nitrogens is 4. The van der Waals surface area contributed by atoms with Gasteiger partial charge in [0.15, 0.2) is 17.5 Å². The SMILES string of the molecule is C1=CCCC(C2=Cc3c(n(-c4ccc5c6ccccc6c6c(-c7nc(-c8ccccc8)nc(-c8ccccc8)n7)cccc6c5c4)c4ccc(-c5ccccc5)cc34)CC2)=C1. The number of fused-ring (bicyclic) bond motifs is 9. The molecule has 2 aliphatic rings. The van der Waals surface area contributed by atoms with E-state index in [2.05, 4.69) is 162 Å². The van der Waals surface area contributed by atoms with Crippen molar-refractivity contribution in [3.63, 3.8) is 0 Å². The molecular weight excluding hydrogens is 741 g/mol. The van der Waals surface area contributed by atoms with Crippen LogP contribution in [0.15, 0.2) is 199 Å². The first-order chi connectivity index (χ1) is 30.2. The first-order valence-corrected chi connectivity index (χ1v) is 21.3. The molecule has 8 aromatic carbocycles. The van der Waals surface area contributed by atoms with Gasteiger partial charge in [-0.15, -0.1) is 0 Å². The van der Waals surface area contributed by atoms with E-state index >= 15 is 0 Å². The lowest BCUT2D eigenvalue weighted by Crippen LogP contribution is -2.07. The van der Waals surface area contributed by atoms with Gasteiger partial charge in [-0.1, -0.05) is 164 Å². The molecule has 288 valence electrons. The first-order valence-electron chi connectivity index (χ1n) is 21.3. The summed E-state index contributed by atoms with van der Waals surface area (Å²) in [6.45, 7) is 0. The van der Waals surface area contributed by atoms with Crippen molar-refractivity contribution in [2.75, 3.05) is 0 Å². The van der Waals surface area contributed by atoms with E-state index in [1.807, 2.05) is 36.4 Å². The van der Waals surface area contributed by atoms with E-state index in [9.17, 15) is 0 Å². The van der Waals surface area contributed by atoms with E-state index < -0.39 is 0 Å². The van der Waals surface area contributed by atoms with E-state index in [1.54, 1.807) is 0 Å².